The van der Waals surface area contributed by atoms with Crippen molar-refractivity contribution < 1.29 is 127 Å². The Bertz CT molecular complexity index is 356. The fourth-order valence-corrected chi connectivity index (χ4v) is 1.48. The van der Waals surface area contributed by atoms with Crippen molar-refractivity contribution in [3.8, 4) is 0 Å². The van der Waals surface area contributed by atoms with E-state index in [0.717, 1.165) is 5.56 Å². The van der Waals surface area contributed by atoms with Crippen molar-refractivity contribution in [3.05, 3.63) is 35.9 Å². The molecule has 1 atom stereocenters. The number of amides is 2. The standard InChI is InChI=1S/C13H20N2O3.3Ar/c1-14-13(16)15-12(9-17-2)10-18-8-11-6-4-3-5-7-11;;;/h3-7,12H,8-10H2,1-2H3,(H2,14,15,16);;;/t12-;;;/m1.../s1. The van der Waals surface area contributed by atoms with Gasteiger partial charge in [-0.1, -0.05) is 30.3 Å². The van der Waals surface area contributed by atoms with Crippen LogP contribution in [0.5, 0.6) is 0 Å². The molecule has 0 fully saturated rings. The van der Waals surface area contributed by atoms with Crippen LogP contribution in [0.4, 0.5) is 4.79 Å². The topological polar surface area (TPSA) is 59.6 Å². The van der Waals surface area contributed by atoms with Gasteiger partial charge in [-0.2, -0.15) is 0 Å². The van der Waals surface area contributed by atoms with Crippen LogP contribution in [0.2, 0.25) is 0 Å². The number of carbonyl (C=O) groups excluding carboxylic acids is 1. The van der Waals surface area contributed by atoms with Crippen molar-refractivity contribution in [1.82, 2.24) is 10.6 Å². The average Bonchev–Trinajstić information content (AvgIpc) is 2.40. The molecule has 0 radical (unpaired) electrons. The fraction of sp³-hybridized carbons (Fsp3) is 0.462. The van der Waals surface area contributed by atoms with Crippen LogP contribution in [-0.2, 0) is 16.1 Å². The molecule has 0 heterocycles. The summed E-state index contributed by atoms with van der Waals surface area (Å²) < 4.78 is 10.6. The van der Waals surface area contributed by atoms with Crippen LogP contribution in [0.1, 0.15) is 5.56 Å². The number of nitrogens with one attached hydrogen (secondary N) is 2. The van der Waals surface area contributed by atoms with Gasteiger partial charge in [0.2, 0.25) is 0 Å². The van der Waals surface area contributed by atoms with Gasteiger partial charge < -0.3 is 20.1 Å². The molecular formula is C13H20Ar3N2O3. The van der Waals surface area contributed by atoms with Crippen LogP contribution in [0.15, 0.2) is 30.3 Å². The van der Waals surface area contributed by atoms with Crippen molar-refractivity contribution in [1.29, 1.82) is 0 Å². The Hall–Kier alpha value is 2.19. The van der Waals surface area contributed by atoms with Gasteiger partial charge in [-0.05, 0) is 5.56 Å². The number of urea groups is 1. The van der Waals surface area contributed by atoms with Gasteiger partial charge in [-0.25, -0.2) is 4.79 Å². The molecule has 1 rings (SSSR count). The summed E-state index contributed by atoms with van der Waals surface area (Å²) in [7, 11) is 3.17. The Morgan fingerprint density at radius 3 is 2.29 bits per heavy atom. The second-order valence-corrected chi connectivity index (χ2v) is 3.88. The van der Waals surface area contributed by atoms with E-state index in [1.54, 1.807) is 14.2 Å². The molecule has 0 unspecified atom stereocenters. The van der Waals surface area contributed by atoms with E-state index >= 15 is 0 Å². The molecule has 5 nitrogen and oxygen atoms in total. The minimum atomic E-state index is -0.236. The Labute approximate surface area is 216 Å². The molecule has 2 N–H and O–H groups in total. The Morgan fingerprint density at radius 2 is 1.76 bits per heavy atom. The van der Waals surface area contributed by atoms with E-state index in [0.29, 0.717) is 19.8 Å². The number of ether oxygens (including phenoxy) is 2. The number of rotatable bonds is 7. The molecule has 0 aliphatic heterocycles. The Balaban J connectivity index is -0.00000108. The minimum Gasteiger partial charge on any atom is -0.382 e. The van der Waals surface area contributed by atoms with Crippen LogP contribution >= 0.6 is 0 Å². The van der Waals surface area contributed by atoms with Crippen LogP contribution in [-0.4, -0.2) is 39.4 Å². The molecule has 0 saturated heterocycles. The molecule has 2 amide bonds. The van der Waals surface area contributed by atoms with E-state index in [1.165, 1.54) is 0 Å². The first-order chi connectivity index (χ1) is 8.76. The summed E-state index contributed by atoms with van der Waals surface area (Å²) in [6.07, 6.45) is 0. The van der Waals surface area contributed by atoms with Gasteiger partial charge in [-0.15, -0.1) is 0 Å². The van der Waals surface area contributed by atoms with Gasteiger partial charge in [-0.3, -0.25) is 0 Å². The van der Waals surface area contributed by atoms with Crippen molar-refractivity contribution in [2.75, 3.05) is 27.4 Å². The molecular weight excluding hydrogens is 352 g/mol. The summed E-state index contributed by atoms with van der Waals surface area (Å²) in [5.74, 6) is 0. The number of hydrogen-bond acceptors (Lipinski definition) is 3. The van der Waals surface area contributed by atoms with Crippen molar-refractivity contribution in [2.45, 2.75) is 12.6 Å². The second-order valence-electron chi connectivity index (χ2n) is 3.88. The summed E-state index contributed by atoms with van der Waals surface area (Å²) in [4.78, 5) is 11.2. The van der Waals surface area contributed by atoms with Gasteiger partial charge in [0.25, 0.3) is 0 Å². The monoisotopic (exact) mass is 372 g/mol. The number of methoxy groups -OCH3 is 1. The van der Waals surface area contributed by atoms with Crippen LogP contribution in [0.3, 0.4) is 0 Å². The summed E-state index contributed by atoms with van der Waals surface area (Å²) in [5, 5.41) is 5.25. The number of carbonyl (C=O) groups is 1. The Kier molecular flexibility index (Phi) is 24.7. The Morgan fingerprint density at radius 1 is 1.14 bits per heavy atom. The first-order valence-electron chi connectivity index (χ1n) is 5.85. The van der Waals surface area contributed by atoms with E-state index in [-0.39, 0.29) is 125 Å². The number of hydrogen-bond donors (Lipinski definition) is 2. The fourth-order valence-electron chi connectivity index (χ4n) is 1.48. The van der Waals surface area contributed by atoms with Gasteiger partial charge in [0.1, 0.15) is 0 Å². The molecule has 0 aliphatic rings. The molecule has 0 aromatic heterocycles. The summed E-state index contributed by atoms with van der Waals surface area (Å²) in [5.41, 5.74) is 1.11. The maximum absolute atomic E-state index is 11.2. The third-order valence-corrected chi connectivity index (χ3v) is 2.36. The van der Waals surface area contributed by atoms with Crippen molar-refractivity contribution in [3.63, 3.8) is 0 Å². The van der Waals surface area contributed by atoms with E-state index in [2.05, 4.69) is 10.6 Å². The summed E-state index contributed by atoms with van der Waals surface area (Å²) >= 11 is 0. The van der Waals surface area contributed by atoms with E-state index < -0.39 is 0 Å². The zero-order chi connectivity index (χ0) is 13.2. The average molecular weight is 372 g/mol. The third-order valence-electron chi connectivity index (χ3n) is 2.36. The SMILES string of the molecule is CNC(=O)N[C@H](COC)COCc1ccccc1.[Ar].[Ar].[Ar]. The molecule has 0 bridgehead atoms. The van der Waals surface area contributed by atoms with Crippen molar-refractivity contribution >= 4 is 6.03 Å². The van der Waals surface area contributed by atoms with Crippen molar-refractivity contribution in [2.24, 2.45) is 0 Å². The van der Waals surface area contributed by atoms with Gasteiger partial charge in [0.05, 0.1) is 25.9 Å². The molecule has 0 saturated carbocycles. The van der Waals surface area contributed by atoms with Crippen LogP contribution in [0, 0.1) is 113 Å². The molecule has 124 valence electrons. The predicted octanol–water partition coefficient (Wildman–Crippen LogP) is 1.15. The minimum absolute atomic E-state index is 0. The normalized spacial score (nSPS) is 10.2. The maximum atomic E-state index is 11.2. The quantitative estimate of drug-likeness (QED) is 0.755. The van der Waals surface area contributed by atoms with E-state index in [1.807, 2.05) is 30.3 Å². The van der Waals surface area contributed by atoms with E-state index in [4.69, 9.17) is 9.47 Å². The largest absolute Gasteiger partial charge is 0.382 e. The van der Waals surface area contributed by atoms with Gasteiger partial charge in [0, 0.05) is 127 Å². The molecule has 0 spiro atoms. The molecule has 1 aromatic carbocycles. The summed E-state index contributed by atoms with van der Waals surface area (Å²) in [6, 6.07) is 9.50. The zero-order valence-electron chi connectivity index (χ0n) is 11.9. The van der Waals surface area contributed by atoms with Gasteiger partial charge >= 0.3 is 6.03 Å². The summed E-state index contributed by atoms with van der Waals surface area (Å²) in [6.45, 7) is 1.36. The molecule has 21 heavy (non-hydrogen) atoms. The smallest absolute Gasteiger partial charge is 0.314 e. The maximum Gasteiger partial charge on any atom is 0.314 e. The second kappa shape index (κ2) is 18.5. The third kappa shape index (κ3) is 14.3. The molecule has 0 aliphatic carbocycles. The number of benzene rings is 1. The van der Waals surface area contributed by atoms with Gasteiger partial charge in [0.15, 0.2) is 0 Å². The first-order valence-corrected chi connectivity index (χ1v) is 5.85. The van der Waals surface area contributed by atoms with Crippen LogP contribution in [0.25, 0.3) is 0 Å². The van der Waals surface area contributed by atoms with E-state index in [9.17, 15) is 4.79 Å². The first kappa shape index (κ1) is 28.0. The molecule has 1 aromatic rings. The predicted molar refractivity (Wildman–Crippen MR) is 69.4 cm³/mol. The van der Waals surface area contributed by atoms with Crippen LogP contribution < -0.4 is 10.6 Å². The zero-order valence-corrected chi connectivity index (χ0v) is 14.0. The molecule has 8 heteroatoms.